The van der Waals surface area contributed by atoms with Crippen molar-refractivity contribution in [3.05, 3.63) is 89.0 Å². The van der Waals surface area contributed by atoms with Crippen molar-refractivity contribution in [1.82, 2.24) is 9.38 Å². The molecule has 0 aliphatic carbocycles. The zero-order valence-electron chi connectivity index (χ0n) is 19.4. The molecule has 174 valence electrons. The molecule has 0 aliphatic heterocycles. The van der Waals surface area contributed by atoms with E-state index in [1.165, 1.54) is 6.07 Å². The Morgan fingerprint density at radius 1 is 1.09 bits per heavy atom. The molecular formula is C27H26FN3O3. The minimum absolute atomic E-state index is 0.0425. The van der Waals surface area contributed by atoms with E-state index in [1.54, 1.807) is 43.3 Å². The molecule has 0 saturated carbocycles. The number of imidazole rings is 1. The minimum atomic E-state index is -0.427. The predicted molar refractivity (Wildman–Crippen MR) is 129 cm³/mol. The number of carbonyl (C=O) groups is 2. The van der Waals surface area contributed by atoms with Crippen LogP contribution in [-0.2, 0) is 16.0 Å². The monoisotopic (exact) mass is 459 g/mol. The summed E-state index contributed by atoms with van der Waals surface area (Å²) in [5, 5.41) is 2.86. The number of hydrogen-bond acceptors (Lipinski definition) is 4. The third-order valence-electron chi connectivity index (χ3n) is 5.44. The van der Waals surface area contributed by atoms with Crippen molar-refractivity contribution in [2.75, 3.05) is 11.9 Å². The molecule has 0 unspecified atom stereocenters. The van der Waals surface area contributed by atoms with Gasteiger partial charge in [-0.3, -0.25) is 4.79 Å². The van der Waals surface area contributed by atoms with Crippen LogP contribution >= 0.6 is 0 Å². The van der Waals surface area contributed by atoms with Crippen molar-refractivity contribution in [2.24, 2.45) is 0 Å². The molecule has 0 radical (unpaired) electrons. The number of hydrogen-bond donors (Lipinski definition) is 1. The van der Waals surface area contributed by atoms with Gasteiger partial charge >= 0.3 is 5.97 Å². The fourth-order valence-corrected chi connectivity index (χ4v) is 3.75. The van der Waals surface area contributed by atoms with Gasteiger partial charge in [0.2, 0.25) is 5.91 Å². The summed E-state index contributed by atoms with van der Waals surface area (Å²) in [7, 11) is 0. The maximum absolute atomic E-state index is 13.9. The SMILES string of the molecule is CCCOC(=O)c1cccc(NC(=O)Cc2c(-c3ccc(F)c(C)c3)nc3ccc(C)cn23)c1. The summed E-state index contributed by atoms with van der Waals surface area (Å²) in [5.74, 6) is -0.980. The molecule has 1 N–H and O–H groups in total. The van der Waals surface area contributed by atoms with Gasteiger partial charge in [0.15, 0.2) is 0 Å². The summed E-state index contributed by atoms with van der Waals surface area (Å²) in [6, 6.07) is 15.3. The van der Waals surface area contributed by atoms with Crippen molar-refractivity contribution in [3.8, 4) is 11.3 Å². The van der Waals surface area contributed by atoms with Crippen LogP contribution in [0, 0.1) is 19.7 Å². The zero-order chi connectivity index (χ0) is 24.2. The molecule has 2 aromatic heterocycles. The Labute approximate surface area is 197 Å². The maximum atomic E-state index is 13.9. The van der Waals surface area contributed by atoms with Gasteiger partial charge in [0.1, 0.15) is 11.5 Å². The highest BCUT2D eigenvalue weighted by Crippen LogP contribution is 2.27. The van der Waals surface area contributed by atoms with Crippen LogP contribution < -0.4 is 5.32 Å². The number of ether oxygens (including phenoxy) is 1. The number of halogens is 1. The lowest BCUT2D eigenvalue weighted by Crippen LogP contribution is -2.16. The molecule has 1 amide bonds. The molecule has 0 saturated heterocycles. The van der Waals surface area contributed by atoms with Crippen LogP contribution in [0.2, 0.25) is 0 Å². The second kappa shape index (κ2) is 9.87. The number of benzene rings is 2. The van der Waals surface area contributed by atoms with E-state index < -0.39 is 5.97 Å². The van der Waals surface area contributed by atoms with Crippen LogP contribution in [0.25, 0.3) is 16.9 Å². The molecule has 0 spiro atoms. The molecule has 34 heavy (non-hydrogen) atoms. The molecule has 2 heterocycles. The van der Waals surface area contributed by atoms with Gasteiger partial charge in [0.25, 0.3) is 0 Å². The largest absolute Gasteiger partial charge is 0.462 e. The summed E-state index contributed by atoms with van der Waals surface area (Å²) in [6.07, 6.45) is 2.70. The Kier molecular flexibility index (Phi) is 6.72. The number of anilines is 1. The number of aryl methyl sites for hydroxylation is 2. The summed E-state index contributed by atoms with van der Waals surface area (Å²) >= 11 is 0. The summed E-state index contributed by atoms with van der Waals surface area (Å²) in [4.78, 5) is 29.9. The van der Waals surface area contributed by atoms with E-state index >= 15 is 0 Å². The van der Waals surface area contributed by atoms with E-state index in [-0.39, 0.29) is 18.1 Å². The third kappa shape index (κ3) is 4.98. The van der Waals surface area contributed by atoms with Crippen molar-refractivity contribution >= 4 is 23.2 Å². The van der Waals surface area contributed by atoms with Crippen LogP contribution in [0.1, 0.15) is 40.5 Å². The lowest BCUT2D eigenvalue weighted by molar-refractivity contribution is -0.115. The maximum Gasteiger partial charge on any atom is 0.338 e. The van der Waals surface area contributed by atoms with Crippen LogP contribution in [-0.4, -0.2) is 27.9 Å². The van der Waals surface area contributed by atoms with Gasteiger partial charge in [-0.05, 0) is 73.9 Å². The molecule has 4 rings (SSSR count). The first kappa shape index (κ1) is 23.2. The number of aromatic nitrogens is 2. The van der Waals surface area contributed by atoms with E-state index in [4.69, 9.17) is 9.72 Å². The topological polar surface area (TPSA) is 72.7 Å². The zero-order valence-corrected chi connectivity index (χ0v) is 19.4. The number of esters is 1. The predicted octanol–water partition coefficient (Wildman–Crippen LogP) is 5.51. The highest BCUT2D eigenvalue weighted by atomic mass is 19.1. The van der Waals surface area contributed by atoms with Crippen LogP contribution in [0.4, 0.5) is 10.1 Å². The van der Waals surface area contributed by atoms with Crippen molar-refractivity contribution < 1.29 is 18.7 Å². The van der Waals surface area contributed by atoms with Gasteiger partial charge in [0.05, 0.1) is 30.0 Å². The summed E-state index contributed by atoms with van der Waals surface area (Å²) < 4.78 is 20.9. The molecule has 0 bridgehead atoms. The molecule has 6 nitrogen and oxygen atoms in total. The van der Waals surface area contributed by atoms with E-state index in [0.717, 1.165) is 17.5 Å². The van der Waals surface area contributed by atoms with Crippen molar-refractivity contribution in [2.45, 2.75) is 33.6 Å². The standard InChI is InChI=1S/C27H26FN3O3/c1-4-12-34-27(33)20-6-5-7-21(14-20)29-25(32)15-23-26(19-9-10-22(28)18(3)13-19)30-24-11-8-17(2)16-31(23)24/h5-11,13-14,16H,4,12,15H2,1-3H3,(H,29,32). The van der Waals surface area contributed by atoms with Crippen molar-refractivity contribution in [1.29, 1.82) is 0 Å². The Balaban J connectivity index is 1.64. The second-order valence-electron chi connectivity index (χ2n) is 8.25. The fourth-order valence-electron chi connectivity index (χ4n) is 3.75. The number of nitrogens with one attached hydrogen (secondary N) is 1. The second-order valence-corrected chi connectivity index (χ2v) is 8.25. The number of carbonyl (C=O) groups excluding carboxylic acids is 2. The quantitative estimate of drug-likeness (QED) is 0.370. The first-order valence-corrected chi connectivity index (χ1v) is 11.2. The number of fused-ring (bicyclic) bond motifs is 1. The average molecular weight is 460 g/mol. The Bertz CT molecular complexity index is 1380. The fraction of sp³-hybridized carbons (Fsp3) is 0.222. The Hall–Kier alpha value is -4.00. The average Bonchev–Trinajstić information content (AvgIpc) is 3.16. The van der Waals surface area contributed by atoms with E-state index in [0.29, 0.717) is 40.5 Å². The minimum Gasteiger partial charge on any atom is -0.462 e. The number of pyridine rings is 1. The molecule has 0 fully saturated rings. The van der Waals surface area contributed by atoms with Crippen LogP contribution in [0.3, 0.4) is 0 Å². The first-order chi connectivity index (χ1) is 16.4. The number of rotatable bonds is 7. The van der Waals surface area contributed by atoms with E-state index in [2.05, 4.69) is 5.32 Å². The number of amides is 1. The van der Waals surface area contributed by atoms with Crippen LogP contribution in [0.15, 0.2) is 60.8 Å². The third-order valence-corrected chi connectivity index (χ3v) is 5.44. The molecule has 0 aliphatic rings. The Morgan fingerprint density at radius 2 is 1.91 bits per heavy atom. The van der Waals surface area contributed by atoms with Crippen LogP contribution in [0.5, 0.6) is 0 Å². The molecular weight excluding hydrogens is 433 g/mol. The summed E-state index contributed by atoms with van der Waals surface area (Å²) in [5.41, 5.74) is 5.16. The van der Waals surface area contributed by atoms with Gasteiger partial charge in [-0.15, -0.1) is 0 Å². The normalized spacial score (nSPS) is 10.9. The molecule has 4 aromatic rings. The van der Waals surface area contributed by atoms with E-state index in [1.807, 2.05) is 36.6 Å². The Morgan fingerprint density at radius 3 is 2.68 bits per heavy atom. The van der Waals surface area contributed by atoms with Gasteiger partial charge < -0.3 is 14.5 Å². The van der Waals surface area contributed by atoms with Gasteiger partial charge in [-0.2, -0.15) is 0 Å². The highest BCUT2D eigenvalue weighted by molar-refractivity contribution is 5.96. The van der Waals surface area contributed by atoms with Gasteiger partial charge in [0, 0.05) is 17.4 Å². The number of nitrogens with zero attached hydrogens (tertiary/aromatic N) is 2. The lowest BCUT2D eigenvalue weighted by Gasteiger charge is -2.10. The molecule has 0 atom stereocenters. The lowest BCUT2D eigenvalue weighted by atomic mass is 10.1. The van der Waals surface area contributed by atoms with Crippen molar-refractivity contribution in [3.63, 3.8) is 0 Å². The smallest absolute Gasteiger partial charge is 0.338 e. The molecule has 7 heteroatoms. The van der Waals surface area contributed by atoms with Gasteiger partial charge in [-0.1, -0.05) is 19.1 Å². The highest BCUT2D eigenvalue weighted by Gasteiger charge is 2.18. The van der Waals surface area contributed by atoms with Gasteiger partial charge in [-0.25, -0.2) is 14.2 Å². The van der Waals surface area contributed by atoms with E-state index in [9.17, 15) is 14.0 Å². The first-order valence-electron chi connectivity index (χ1n) is 11.2. The summed E-state index contributed by atoms with van der Waals surface area (Å²) in [6.45, 7) is 5.93. The molecule has 2 aromatic carbocycles.